The molecule has 2 fully saturated rings. The van der Waals surface area contributed by atoms with E-state index < -0.39 is 0 Å². The van der Waals surface area contributed by atoms with E-state index in [0.717, 1.165) is 31.6 Å². The average Bonchev–Trinajstić information content (AvgIpc) is 3.07. The van der Waals surface area contributed by atoms with Gasteiger partial charge in [0.2, 0.25) is 0 Å². The SMILES string of the molecule is CN1CCN(c2cccc(NC(=O)N3CCC(c4ccncc4)CC3)c2)C1=O. The van der Waals surface area contributed by atoms with Crippen LogP contribution >= 0.6 is 0 Å². The van der Waals surface area contributed by atoms with Gasteiger partial charge in [-0.3, -0.25) is 9.88 Å². The molecular formula is C21H25N5O2. The molecule has 0 unspecified atom stereocenters. The summed E-state index contributed by atoms with van der Waals surface area (Å²) in [5.41, 5.74) is 2.81. The molecule has 7 heteroatoms. The summed E-state index contributed by atoms with van der Waals surface area (Å²) < 4.78 is 0. The molecule has 0 atom stereocenters. The van der Waals surface area contributed by atoms with Crippen LogP contribution in [0.4, 0.5) is 21.0 Å². The Morgan fingerprint density at radius 2 is 1.82 bits per heavy atom. The molecule has 0 spiro atoms. The van der Waals surface area contributed by atoms with Crippen LogP contribution in [0, 0.1) is 0 Å². The van der Waals surface area contributed by atoms with Gasteiger partial charge in [0.15, 0.2) is 0 Å². The number of aromatic nitrogens is 1. The van der Waals surface area contributed by atoms with Gasteiger partial charge >= 0.3 is 12.1 Å². The fraction of sp³-hybridized carbons (Fsp3) is 0.381. The maximum absolute atomic E-state index is 12.7. The van der Waals surface area contributed by atoms with Gasteiger partial charge < -0.3 is 15.1 Å². The van der Waals surface area contributed by atoms with Gasteiger partial charge in [0, 0.05) is 57.0 Å². The highest BCUT2D eigenvalue weighted by molar-refractivity contribution is 5.95. The number of benzene rings is 1. The molecule has 3 heterocycles. The number of pyridine rings is 1. The molecule has 0 radical (unpaired) electrons. The number of likely N-dealkylation sites (N-methyl/N-ethyl adjacent to an activating group) is 1. The average molecular weight is 379 g/mol. The maximum atomic E-state index is 12.7. The summed E-state index contributed by atoms with van der Waals surface area (Å²) >= 11 is 0. The van der Waals surface area contributed by atoms with Gasteiger partial charge in [-0.1, -0.05) is 6.07 Å². The van der Waals surface area contributed by atoms with Crippen molar-refractivity contribution in [2.75, 3.05) is 43.4 Å². The third-order valence-electron chi connectivity index (χ3n) is 5.59. The first-order valence-corrected chi connectivity index (χ1v) is 9.70. The van der Waals surface area contributed by atoms with Crippen LogP contribution in [0.5, 0.6) is 0 Å². The fourth-order valence-corrected chi connectivity index (χ4v) is 3.89. The lowest BCUT2D eigenvalue weighted by molar-refractivity contribution is 0.194. The Morgan fingerprint density at radius 3 is 2.50 bits per heavy atom. The van der Waals surface area contributed by atoms with Gasteiger partial charge in [-0.25, -0.2) is 9.59 Å². The Bertz CT molecular complexity index is 849. The van der Waals surface area contributed by atoms with Crippen LogP contribution in [0.2, 0.25) is 0 Å². The molecule has 1 N–H and O–H groups in total. The minimum atomic E-state index is -0.0878. The number of piperidine rings is 1. The molecule has 2 aliphatic rings. The first-order valence-electron chi connectivity index (χ1n) is 9.70. The van der Waals surface area contributed by atoms with Crippen LogP contribution in [0.1, 0.15) is 24.3 Å². The summed E-state index contributed by atoms with van der Waals surface area (Å²) in [6, 6.07) is 11.5. The molecule has 2 aromatic rings. The summed E-state index contributed by atoms with van der Waals surface area (Å²) in [6.07, 6.45) is 5.55. The minimum Gasteiger partial charge on any atom is -0.326 e. The zero-order valence-corrected chi connectivity index (χ0v) is 16.0. The summed E-state index contributed by atoms with van der Waals surface area (Å²) in [4.78, 5) is 34.2. The molecule has 1 aromatic heterocycles. The normalized spacial score (nSPS) is 17.9. The van der Waals surface area contributed by atoms with E-state index in [1.807, 2.05) is 41.6 Å². The van der Waals surface area contributed by atoms with E-state index in [1.54, 1.807) is 16.8 Å². The lowest BCUT2D eigenvalue weighted by Crippen LogP contribution is -2.40. The molecular weight excluding hydrogens is 354 g/mol. The molecule has 146 valence electrons. The number of carbonyl (C=O) groups is 2. The van der Waals surface area contributed by atoms with Gasteiger partial charge in [-0.2, -0.15) is 0 Å². The zero-order chi connectivity index (χ0) is 19.5. The third kappa shape index (κ3) is 3.78. The lowest BCUT2D eigenvalue weighted by atomic mass is 9.90. The molecule has 7 nitrogen and oxygen atoms in total. The Morgan fingerprint density at radius 1 is 1.07 bits per heavy atom. The first kappa shape index (κ1) is 18.3. The van der Waals surface area contributed by atoms with Gasteiger partial charge in [-0.05, 0) is 54.7 Å². The molecule has 0 aliphatic carbocycles. The van der Waals surface area contributed by atoms with E-state index in [9.17, 15) is 9.59 Å². The Hall–Kier alpha value is -3.09. The number of urea groups is 2. The molecule has 4 amide bonds. The van der Waals surface area contributed by atoms with Gasteiger partial charge in [0.25, 0.3) is 0 Å². The van der Waals surface area contributed by atoms with Crippen LogP contribution in [-0.4, -0.2) is 60.1 Å². The van der Waals surface area contributed by atoms with Crippen LogP contribution in [0.15, 0.2) is 48.8 Å². The number of carbonyl (C=O) groups excluding carboxylic acids is 2. The summed E-state index contributed by atoms with van der Waals surface area (Å²) in [5, 5.41) is 2.98. The number of anilines is 2. The molecule has 4 rings (SSSR count). The fourth-order valence-electron chi connectivity index (χ4n) is 3.89. The molecule has 0 bridgehead atoms. The second-order valence-corrected chi connectivity index (χ2v) is 7.38. The van der Waals surface area contributed by atoms with Crippen molar-refractivity contribution in [2.45, 2.75) is 18.8 Å². The highest BCUT2D eigenvalue weighted by atomic mass is 16.2. The summed E-state index contributed by atoms with van der Waals surface area (Å²) in [7, 11) is 1.80. The minimum absolute atomic E-state index is 0.0124. The predicted molar refractivity (Wildman–Crippen MR) is 109 cm³/mol. The monoisotopic (exact) mass is 379 g/mol. The van der Waals surface area contributed by atoms with Crippen molar-refractivity contribution in [3.63, 3.8) is 0 Å². The third-order valence-corrected chi connectivity index (χ3v) is 5.59. The number of rotatable bonds is 3. The standard InChI is InChI=1S/C21H25N5O2/c1-24-13-14-26(21(24)28)19-4-2-3-18(15-19)23-20(27)25-11-7-17(8-12-25)16-5-9-22-10-6-16/h2-6,9-10,15,17H,7-8,11-14H2,1H3,(H,23,27). The second-order valence-electron chi connectivity index (χ2n) is 7.38. The van der Waals surface area contributed by atoms with Crippen molar-refractivity contribution in [2.24, 2.45) is 0 Å². The smallest absolute Gasteiger partial charge is 0.324 e. The Labute approximate surface area is 164 Å². The van der Waals surface area contributed by atoms with Crippen LogP contribution in [-0.2, 0) is 0 Å². The van der Waals surface area contributed by atoms with E-state index in [-0.39, 0.29) is 12.1 Å². The largest absolute Gasteiger partial charge is 0.326 e. The van der Waals surface area contributed by atoms with Crippen molar-refractivity contribution < 1.29 is 9.59 Å². The Balaban J connectivity index is 1.36. The highest BCUT2D eigenvalue weighted by Gasteiger charge is 2.27. The van der Waals surface area contributed by atoms with Crippen LogP contribution in [0.3, 0.4) is 0 Å². The van der Waals surface area contributed by atoms with Gasteiger partial charge in [-0.15, -0.1) is 0 Å². The van der Waals surface area contributed by atoms with E-state index >= 15 is 0 Å². The van der Waals surface area contributed by atoms with Crippen molar-refractivity contribution in [1.29, 1.82) is 0 Å². The van der Waals surface area contributed by atoms with Gasteiger partial charge in [0.05, 0.1) is 0 Å². The molecule has 28 heavy (non-hydrogen) atoms. The van der Waals surface area contributed by atoms with E-state index in [1.165, 1.54) is 5.56 Å². The number of amides is 4. The number of nitrogens with zero attached hydrogens (tertiary/aromatic N) is 4. The lowest BCUT2D eigenvalue weighted by Gasteiger charge is -2.32. The maximum Gasteiger partial charge on any atom is 0.324 e. The van der Waals surface area contributed by atoms with Gasteiger partial charge in [0.1, 0.15) is 0 Å². The summed E-state index contributed by atoms with van der Waals surface area (Å²) in [6.45, 7) is 2.83. The molecule has 2 aliphatic heterocycles. The quantitative estimate of drug-likeness (QED) is 0.889. The molecule has 1 aromatic carbocycles. The van der Waals surface area contributed by atoms with Crippen molar-refractivity contribution in [1.82, 2.24) is 14.8 Å². The van der Waals surface area contributed by atoms with Crippen molar-refractivity contribution >= 4 is 23.4 Å². The first-order chi connectivity index (χ1) is 13.6. The number of hydrogen-bond acceptors (Lipinski definition) is 3. The molecule has 0 saturated carbocycles. The van der Waals surface area contributed by atoms with E-state index in [0.29, 0.717) is 24.7 Å². The van der Waals surface area contributed by atoms with E-state index in [2.05, 4.69) is 22.4 Å². The van der Waals surface area contributed by atoms with Crippen LogP contribution < -0.4 is 10.2 Å². The topological polar surface area (TPSA) is 68.8 Å². The predicted octanol–water partition coefficient (Wildman–Crippen LogP) is 3.36. The zero-order valence-electron chi connectivity index (χ0n) is 16.0. The van der Waals surface area contributed by atoms with Crippen LogP contribution in [0.25, 0.3) is 0 Å². The number of nitrogens with one attached hydrogen (secondary N) is 1. The molecule has 2 saturated heterocycles. The summed E-state index contributed by atoms with van der Waals surface area (Å²) in [5.74, 6) is 0.480. The number of likely N-dealkylation sites (tertiary alicyclic amines) is 1. The highest BCUT2D eigenvalue weighted by Crippen LogP contribution is 2.28. The Kier molecular flexibility index (Phi) is 5.14. The second kappa shape index (κ2) is 7.88. The van der Waals surface area contributed by atoms with E-state index in [4.69, 9.17) is 0 Å². The number of hydrogen-bond donors (Lipinski definition) is 1. The van der Waals surface area contributed by atoms with Crippen molar-refractivity contribution in [3.8, 4) is 0 Å². The van der Waals surface area contributed by atoms with Crippen molar-refractivity contribution in [3.05, 3.63) is 54.4 Å².